The summed E-state index contributed by atoms with van der Waals surface area (Å²) in [7, 11) is 2.49. The second kappa shape index (κ2) is 14.5. The molecular formula is C38H37BrO13. The molecule has 0 spiro atoms. The van der Waals surface area contributed by atoms with Crippen LogP contribution in [0, 0.1) is 41.5 Å². The van der Waals surface area contributed by atoms with E-state index in [-0.39, 0.29) is 72.2 Å². The Morgan fingerprint density at radius 3 is 1.88 bits per heavy atom. The van der Waals surface area contributed by atoms with E-state index in [1.54, 1.807) is 27.7 Å². The number of carboxylic acid groups (broad SMARTS) is 2. The summed E-state index contributed by atoms with van der Waals surface area (Å²) in [6.45, 7) is 12.3. The lowest BCUT2D eigenvalue weighted by molar-refractivity contribution is -0.161. The van der Waals surface area contributed by atoms with E-state index >= 15 is 0 Å². The Hall–Kier alpha value is -5.63. The summed E-state index contributed by atoms with van der Waals surface area (Å²) in [6.07, 6.45) is 1.01. The fourth-order valence-electron chi connectivity index (χ4n) is 5.92. The average Bonchev–Trinajstić information content (AvgIpc) is 3.17. The quantitative estimate of drug-likeness (QED) is 0.151. The second-order valence-electron chi connectivity index (χ2n) is 12.2. The van der Waals surface area contributed by atoms with Crippen molar-refractivity contribution in [2.24, 2.45) is 0 Å². The van der Waals surface area contributed by atoms with Gasteiger partial charge in [-0.1, -0.05) is 0 Å². The SMILES string of the molecule is COC1=CC(=O)C(C)=C(C)OC1(C(=O)O)c1c(C)c(C)c(C(=O)Oc2cc(C)c(C(=O)Oc3cc(OC)c(C(=O)O)c(C)c3C)cc2C)c(O)c1Br. The van der Waals surface area contributed by atoms with Gasteiger partial charge in [0, 0.05) is 23.3 Å². The van der Waals surface area contributed by atoms with Crippen LogP contribution in [0.5, 0.6) is 23.0 Å². The van der Waals surface area contributed by atoms with Crippen LogP contribution < -0.4 is 14.2 Å². The summed E-state index contributed by atoms with van der Waals surface area (Å²) in [6, 6.07) is 4.23. The zero-order chi connectivity index (χ0) is 39.1. The highest BCUT2D eigenvalue weighted by atomic mass is 79.9. The Balaban J connectivity index is 1.74. The van der Waals surface area contributed by atoms with Crippen molar-refractivity contribution < 1.29 is 63.0 Å². The third-order valence-corrected chi connectivity index (χ3v) is 10.0. The smallest absolute Gasteiger partial charge is 0.361 e. The number of aromatic carboxylic acids is 1. The first kappa shape index (κ1) is 39.2. The van der Waals surface area contributed by atoms with Crippen molar-refractivity contribution >= 4 is 45.6 Å². The molecule has 52 heavy (non-hydrogen) atoms. The molecule has 14 heteroatoms. The number of hydrogen-bond acceptors (Lipinski definition) is 11. The molecule has 3 aromatic carbocycles. The fourth-order valence-corrected chi connectivity index (χ4v) is 6.70. The maximum absolute atomic E-state index is 13.7. The van der Waals surface area contributed by atoms with Crippen molar-refractivity contribution in [1.82, 2.24) is 0 Å². The van der Waals surface area contributed by atoms with Crippen LogP contribution in [0.3, 0.4) is 0 Å². The van der Waals surface area contributed by atoms with Gasteiger partial charge in [0.2, 0.25) is 0 Å². The Labute approximate surface area is 307 Å². The molecular weight excluding hydrogens is 744 g/mol. The van der Waals surface area contributed by atoms with E-state index in [0.29, 0.717) is 22.3 Å². The van der Waals surface area contributed by atoms with Crippen LogP contribution in [0.25, 0.3) is 0 Å². The molecule has 0 aliphatic carbocycles. The minimum absolute atomic E-state index is 0.0156. The summed E-state index contributed by atoms with van der Waals surface area (Å²) >= 11 is 3.28. The highest BCUT2D eigenvalue weighted by molar-refractivity contribution is 9.10. The molecule has 0 saturated carbocycles. The van der Waals surface area contributed by atoms with Gasteiger partial charge in [-0.05, 0) is 117 Å². The van der Waals surface area contributed by atoms with Crippen molar-refractivity contribution in [3.63, 3.8) is 0 Å². The van der Waals surface area contributed by atoms with E-state index in [2.05, 4.69) is 15.9 Å². The van der Waals surface area contributed by atoms with Crippen molar-refractivity contribution in [3.05, 3.63) is 101 Å². The van der Waals surface area contributed by atoms with Gasteiger partial charge < -0.3 is 39.0 Å². The third kappa shape index (κ3) is 6.49. The minimum atomic E-state index is -2.43. The van der Waals surface area contributed by atoms with Gasteiger partial charge in [0.05, 0.1) is 24.3 Å². The molecule has 1 heterocycles. The topological polar surface area (TPSA) is 192 Å². The Kier molecular flexibility index (Phi) is 11.0. The Bertz CT molecular complexity index is 2130. The van der Waals surface area contributed by atoms with Gasteiger partial charge in [-0.2, -0.15) is 0 Å². The molecule has 1 aliphatic heterocycles. The van der Waals surface area contributed by atoms with Gasteiger partial charge in [0.1, 0.15) is 39.9 Å². The number of ketones is 1. The van der Waals surface area contributed by atoms with Crippen LogP contribution in [0.15, 0.2) is 45.8 Å². The van der Waals surface area contributed by atoms with Crippen LogP contribution >= 0.6 is 15.9 Å². The number of methoxy groups -OCH3 is 2. The van der Waals surface area contributed by atoms with Crippen LogP contribution in [0.1, 0.15) is 83.9 Å². The molecule has 0 aromatic heterocycles. The first-order valence-corrected chi connectivity index (χ1v) is 16.4. The number of phenols is 1. The number of ether oxygens (including phenoxy) is 5. The van der Waals surface area contributed by atoms with Gasteiger partial charge in [-0.15, -0.1) is 0 Å². The van der Waals surface area contributed by atoms with Crippen molar-refractivity contribution in [1.29, 1.82) is 0 Å². The number of aromatic hydroxyl groups is 1. The summed E-state index contributed by atoms with van der Waals surface area (Å²) in [5.74, 6) is -5.82. The molecule has 0 amide bonds. The maximum Gasteiger partial charge on any atom is 0.361 e. The number of halogens is 1. The monoisotopic (exact) mass is 780 g/mol. The number of carbonyl (C=O) groups is 5. The Morgan fingerprint density at radius 1 is 0.731 bits per heavy atom. The number of benzene rings is 3. The molecule has 1 unspecified atom stereocenters. The lowest BCUT2D eigenvalue weighted by Crippen LogP contribution is -2.42. The summed E-state index contributed by atoms with van der Waals surface area (Å²) in [5.41, 5.74) is -0.698. The molecule has 274 valence electrons. The largest absolute Gasteiger partial charge is 0.506 e. The van der Waals surface area contributed by atoms with E-state index < -0.39 is 41.0 Å². The van der Waals surface area contributed by atoms with Gasteiger partial charge in [-0.25, -0.2) is 19.2 Å². The van der Waals surface area contributed by atoms with Crippen LogP contribution in [0.4, 0.5) is 0 Å². The molecule has 1 atom stereocenters. The number of carboxylic acids is 2. The number of rotatable bonds is 9. The second-order valence-corrected chi connectivity index (χ2v) is 13.0. The van der Waals surface area contributed by atoms with E-state index in [0.717, 1.165) is 6.08 Å². The van der Waals surface area contributed by atoms with E-state index in [9.17, 15) is 39.3 Å². The van der Waals surface area contributed by atoms with Crippen LogP contribution in [0.2, 0.25) is 0 Å². The van der Waals surface area contributed by atoms with E-state index in [1.807, 2.05) is 0 Å². The predicted molar refractivity (Wildman–Crippen MR) is 189 cm³/mol. The normalized spacial score (nSPS) is 15.7. The fraction of sp³-hybridized carbons (Fsp3) is 0.289. The van der Waals surface area contributed by atoms with Crippen molar-refractivity contribution in [2.45, 2.75) is 61.0 Å². The lowest BCUT2D eigenvalue weighted by Gasteiger charge is -2.34. The number of allylic oxidation sites excluding steroid dienone is 3. The summed E-state index contributed by atoms with van der Waals surface area (Å²) < 4.78 is 27.8. The highest BCUT2D eigenvalue weighted by Crippen LogP contribution is 2.49. The van der Waals surface area contributed by atoms with E-state index in [4.69, 9.17) is 23.7 Å². The number of aryl methyl sites for hydroxylation is 2. The highest BCUT2D eigenvalue weighted by Gasteiger charge is 2.53. The molecule has 1 aliphatic rings. The third-order valence-electron chi connectivity index (χ3n) is 9.26. The molecule has 0 fully saturated rings. The molecule has 3 aromatic rings. The first-order chi connectivity index (χ1) is 24.2. The van der Waals surface area contributed by atoms with Gasteiger partial charge in [0.15, 0.2) is 11.5 Å². The standard InChI is InChI=1S/C38H37BrO13/c1-15-12-25(16(2)11-23(15)35(44)51-26-14-27(48-9)29(34(42)43)18(4)17(26)3)50-36(45)30-19(5)20(6)31(32(39)33(30)41)38(37(46)47)28(49-10)13-24(40)21(7)22(8)52-38/h11-14,41H,1-10H3,(H,42,43)(H,46,47). The Morgan fingerprint density at radius 2 is 1.33 bits per heavy atom. The number of esters is 2. The molecule has 3 N–H and O–H groups in total. The van der Waals surface area contributed by atoms with Crippen LogP contribution in [-0.2, 0) is 24.7 Å². The van der Waals surface area contributed by atoms with Gasteiger partial charge >= 0.3 is 23.9 Å². The lowest BCUT2D eigenvalue weighted by atomic mass is 9.83. The minimum Gasteiger partial charge on any atom is -0.506 e. The summed E-state index contributed by atoms with van der Waals surface area (Å²) in [5, 5.41) is 31.6. The van der Waals surface area contributed by atoms with Crippen molar-refractivity contribution in [3.8, 4) is 23.0 Å². The van der Waals surface area contributed by atoms with Crippen molar-refractivity contribution in [2.75, 3.05) is 14.2 Å². The summed E-state index contributed by atoms with van der Waals surface area (Å²) in [4.78, 5) is 64.6. The van der Waals surface area contributed by atoms with E-state index in [1.165, 1.54) is 60.1 Å². The molecule has 0 bridgehead atoms. The number of phenolic OH excluding ortho intramolecular Hbond substituents is 1. The van der Waals surface area contributed by atoms with Gasteiger partial charge in [0.25, 0.3) is 5.60 Å². The maximum atomic E-state index is 13.7. The number of aliphatic carboxylic acids is 1. The molecule has 13 nitrogen and oxygen atoms in total. The zero-order valence-electron chi connectivity index (χ0n) is 30.1. The molecule has 0 saturated heterocycles. The first-order valence-electron chi connectivity index (χ1n) is 15.6. The average molecular weight is 782 g/mol. The number of carbonyl (C=O) groups excluding carboxylic acids is 3. The zero-order valence-corrected chi connectivity index (χ0v) is 31.7. The van der Waals surface area contributed by atoms with Gasteiger partial charge in [-0.3, -0.25) is 4.79 Å². The number of hydrogen-bond donors (Lipinski definition) is 3. The van der Waals surface area contributed by atoms with Crippen LogP contribution in [-0.4, -0.2) is 59.2 Å². The predicted octanol–water partition coefficient (Wildman–Crippen LogP) is 6.85. The molecule has 0 radical (unpaired) electrons. The molecule has 4 rings (SSSR count).